The molecule has 8 rings (SSSR count). The molecule has 2 aliphatic rings. The zero-order chi connectivity index (χ0) is 30.5. The maximum Gasteiger partial charge on any atom is 0.132 e. The van der Waals surface area contributed by atoms with Crippen LogP contribution in [0.5, 0.6) is 0 Å². The molecule has 6 aromatic rings. The highest BCUT2D eigenvalue weighted by Gasteiger charge is 2.26. The number of hydrogen-bond donors (Lipinski definition) is 0. The first-order valence-corrected chi connectivity index (χ1v) is 15.8. The Morgan fingerprint density at radius 3 is 1.89 bits per heavy atom. The monoisotopic (exact) mass is 584 g/mol. The third-order valence-electron chi connectivity index (χ3n) is 9.13. The van der Waals surface area contributed by atoms with Crippen LogP contribution in [0.1, 0.15) is 13.8 Å². The van der Waals surface area contributed by atoms with Crippen LogP contribution in [0.2, 0.25) is 0 Å². The molecule has 6 aromatic carbocycles. The number of aliphatic imine (C=N–C) groups is 1. The summed E-state index contributed by atoms with van der Waals surface area (Å²) >= 11 is 0. The van der Waals surface area contributed by atoms with Gasteiger partial charge in [-0.15, -0.1) is 0 Å². The van der Waals surface area contributed by atoms with E-state index in [1.54, 1.807) is 0 Å². The molecule has 4 heteroatoms. The maximum atomic E-state index is 5.04. The van der Waals surface area contributed by atoms with Crippen LogP contribution in [0.4, 0.5) is 22.7 Å². The van der Waals surface area contributed by atoms with Crippen molar-refractivity contribution in [2.24, 2.45) is 10.9 Å². The van der Waals surface area contributed by atoms with Crippen molar-refractivity contribution in [3.63, 3.8) is 0 Å². The van der Waals surface area contributed by atoms with E-state index in [1.807, 2.05) is 0 Å². The van der Waals surface area contributed by atoms with Crippen LogP contribution in [-0.2, 0) is 0 Å². The van der Waals surface area contributed by atoms with Crippen molar-refractivity contribution in [3.8, 4) is 0 Å². The molecule has 4 nitrogen and oxygen atoms in total. The Bertz CT molecular complexity index is 2140. The number of amidine groups is 1. The van der Waals surface area contributed by atoms with Gasteiger partial charge in [-0.1, -0.05) is 91.9 Å². The smallest absolute Gasteiger partial charge is 0.132 e. The van der Waals surface area contributed by atoms with E-state index >= 15 is 0 Å². The second kappa shape index (κ2) is 11.0. The molecule has 0 radical (unpaired) electrons. The lowest BCUT2D eigenvalue weighted by Crippen LogP contribution is -2.41. The van der Waals surface area contributed by atoms with Gasteiger partial charge in [0, 0.05) is 41.9 Å². The minimum atomic E-state index is 0.0391. The topological polar surface area (TPSA) is 22.1 Å². The van der Waals surface area contributed by atoms with E-state index in [0.717, 1.165) is 29.4 Å². The van der Waals surface area contributed by atoms with Gasteiger partial charge in [0.25, 0.3) is 0 Å². The SMILES string of the molecule is CC1=CN(C)C(N(c2ccccc2)c2ccc3ccc4c(N(C5=NCC(C)C=C5)c5ccccc5)ccc5ccc2c3c54)C=C1. The summed E-state index contributed by atoms with van der Waals surface area (Å²) < 4.78 is 0. The Labute approximate surface area is 264 Å². The van der Waals surface area contributed by atoms with E-state index in [0.29, 0.717) is 5.92 Å². The molecule has 0 aliphatic carbocycles. The average Bonchev–Trinajstić information content (AvgIpc) is 3.07. The summed E-state index contributed by atoms with van der Waals surface area (Å²) in [5.74, 6) is 1.41. The average molecular weight is 585 g/mol. The highest BCUT2D eigenvalue weighted by atomic mass is 15.3. The molecule has 220 valence electrons. The second-order valence-corrected chi connectivity index (χ2v) is 12.3. The van der Waals surface area contributed by atoms with Gasteiger partial charge in [-0.2, -0.15) is 0 Å². The predicted molar refractivity (Wildman–Crippen MR) is 192 cm³/mol. The number of benzene rings is 6. The van der Waals surface area contributed by atoms with Gasteiger partial charge in [0.15, 0.2) is 0 Å². The molecular formula is C41H36N4. The molecule has 2 heterocycles. The third-order valence-corrected chi connectivity index (χ3v) is 9.13. The Morgan fingerprint density at radius 2 is 1.27 bits per heavy atom. The van der Waals surface area contributed by atoms with E-state index in [9.17, 15) is 0 Å². The summed E-state index contributed by atoms with van der Waals surface area (Å²) in [6, 6.07) is 39.7. The first-order valence-electron chi connectivity index (χ1n) is 15.8. The molecule has 0 fully saturated rings. The highest BCUT2D eigenvalue weighted by molar-refractivity contribution is 6.29. The molecular weight excluding hydrogens is 548 g/mol. The number of nitrogens with zero attached hydrogens (tertiary/aromatic N) is 4. The first kappa shape index (κ1) is 27.2. The molecule has 2 atom stereocenters. The van der Waals surface area contributed by atoms with E-state index in [-0.39, 0.29) is 6.17 Å². The van der Waals surface area contributed by atoms with Gasteiger partial charge in [-0.05, 0) is 88.5 Å². The van der Waals surface area contributed by atoms with Gasteiger partial charge in [-0.3, -0.25) is 9.89 Å². The largest absolute Gasteiger partial charge is 0.357 e. The Hall–Kier alpha value is -5.35. The molecule has 45 heavy (non-hydrogen) atoms. The fraction of sp³-hybridized carbons (Fsp3) is 0.146. The van der Waals surface area contributed by atoms with Crippen molar-refractivity contribution in [2.75, 3.05) is 23.4 Å². The fourth-order valence-corrected chi connectivity index (χ4v) is 7.00. The Kier molecular flexibility index (Phi) is 6.64. The van der Waals surface area contributed by atoms with Crippen LogP contribution in [0, 0.1) is 5.92 Å². The summed E-state index contributed by atoms with van der Waals surface area (Å²) in [6.07, 6.45) is 11.2. The van der Waals surface area contributed by atoms with E-state index in [1.165, 1.54) is 43.6 Å². The number of anilines is 4. The minimum Gasteiger partial charge on any atom is -0.357 e. The van der Waals surface area contributed by atoms with Crippen molar-refractivity contribution < 1.29 is 0 Å². The minimum absolute atomic E-state index is 0.0391. The van der Waals surface area contributed by atoms with Gasteiger partial charge >= 0.3 is 0 Å². The quantitative estimate of drug-likeness (QED) is 0.188. The van der Waals surface area contributed by atoms with E-state index in [2.05, 4.69) is 175 Å². The normalized spacial score (nSPS) is 18.1. The van der Waals surface area contributed by atoms with Crippen LogP contribution >= 0.6 is 0 Å². The maximum absolute atomic E-state index is 5.04. The van der Waals surface area contributed by atoms with Gasteiger partial charge in [0.2, 0.25) is 0 Å². The van der Waals surface area contributed by atoms with Crippen molar-refractivity contribution in [2.45, 2.75) is 20.0 Å². The number of likely N-dealkylation sites (N-methyl/N-ethyl adjacent to an activating group) is 1. The molecule has 2 unspecified atom stereocenters. The molecule has 0 bridgehead atoms. The highest BCUT2D eigenvalue weighted by Crippen LogP contribution is 2.45. The summed E-state index contributed by atoms with van der Waals surface area (Å²) in [5, 5.41) is 7.54. The van der Waals surface area contributed by atoms with Crippen molar-refractivity contribution in [3.05, 3.63) is 145 Å². The van der Waals surface area contributed by atoms with E-state index in [4.69, 9.17) is 4.99 Å². The van der Waals surface area contributed by atoms with Gasteiger partial charge in [0.1, 0.15) is 12.0 Å². The number of hydrogen-bond acceptors (Lipinski definition) is 4. The van der Waals surface area contributed by atoms with Gasteiger partial charge in [0.05, 0.1) is 11.4 Å². The number of allylic oxidation sites excluding steroid dienone is 2. The molecule has 0 amide bonds. The van der Waals surface area contributed by atoms with Crippen molar-refractivity contribution in [1.29, 1.82) is 0 Å². The van der Waals surface area contributed by atoms with Gasteiger partial charge < -0.3 is 9.80 Å². The molecule has 0 saturated carbocycles. The number of para-hydroxylation sites is 2. The van der Waals surface area contributed by atoms with Crippen LogP contribution in [0.3, 0.4) is 0 Å². The van der Waals surface area contributed by atoms with Crippen LogP contribution < -0.4 is 9.80 Å². The molecule has 0 aromatic heterocycles. The summed E-state index contributed by atoms with van der Waals surface area (Å²) in [5.41, 5.74) is 5.85. The lowest BCUT2D eigenvalue weighted by molar-refractivity contribution is 0.381. The lowest BCUT2D eigenvalue weighted by Gasteiger charge is -2.39. The lowest BCUT2D eigenvalue weighted by atomic mass is 9.91. The fourth-order valence-electron chi connectivity index (χ4n) is 7.00. The zero-order valence-electron chi connectivity index (χ0n) is 25.9. The third kappa shape index (κ3) is 4.65. The van der Waals surface area contributed by atoms with Crippen molar-refractivity contribution in [1.82, 2.24) is 4.90 Å². The van der Waals surface area contributed by atoms with Crippen LogP contribution in [0.15, 0.2) is 150 Å². The summed E-state index contributed by atoms with van der Waals surface area (Å²) in [7, 11) is 2.16. The summed E-state index contributed by atoms with van der Waals surface area (Å²) in [4.78, 5) is 12.1. The number of dihydropyridines is 1. The molecule has 0 saturated heterocycles. The van der Waals surface area contributed by atoms with Gasteiger partial charge in [-0.25, -0.2) is 0 Å². The summed E-state index contributed by atoms with van der Waals surface area (Å²) in [6.45, 7) is 5.16. The standard InChI is InChI=1S/C41H36N4/c1-28-14-24-38(42-26-28)44(32-10-6-4-7-11-32)36-22-18-30-17-21-35-37(23-19-31-16-20-34(36)40(30)41(31)35)45(33-12-8-5-9-13-33)39-25-15-29(2)27-43(39)3/h4-25,27-28,39H,26H2,1-3H3. The van der Waals surface area contributed by atoms with Crippen molar-refractivity contribution >= 4 is 60.9 Å². The second-order valence-electron chi connectivity index (χ2n) is 12.3. The predicted octanol–water partition coefficient (Wildman–Crippen LogP) is 10.2. The molecule has 2 aliphatic heterocycles. The molecule has 0 spiro atoms. The first-order chi connectivity index (χ1) is 22.1. The van der Waals surface area contributed by atoms with Crippen LogP contribution in [-0.4, -0.2) is 30.5 Å². The number of rotatable bonds is 5. The van der Waals surface area contributed by atoms with Crippen LogP contribution in [0.25, 0.3) is 32.3 Å². The Morgan fingerprint density at radius 1 is 0.667 bits per heavy atom. The zero-order valence-corrected chi connectivity index (χ0v) is 25.9. The van der Waals surface area contributed by atoms with E-state index < -0.39 is 0 Å². The molecule has 0 N–H and O–H groups in total. The Balaban J connectivity index is 1.37.